The van der Waals surface area contributed by atoms with Gasteiger partial charge in [0, 0.05) is 29.2 Å². The summed E-state index contributed by atoms with van der Waals surface area (Å²) in [6, 6.07) is 12.7. The lowest BCUT2D eigenvalue weighted by Gasteiger charge is -2.25. The van der Waals surface area contributed by atoms with E-state index in [1.165, 1.54) is 11.3 Å². The Labute approximate surface area is 235 Å². The van der Waals surface area contributed by atoms with Gasteiger partial charge in [-0.05, 0) is 50.6 Å². The number of thiazole rings is 1. The molecular weight excluding hydrogens is 526 g/mol. The second kappa shape index (κ2) is 11.4. The van der Waals surface area contributed by atoms with Crippen molar-refractivity contribution in [2.45, 2.75) is 33.4 Å². The largest absolute Gasteiger partial charge is 0.493 e. The van der Waals surface area contributed by atoms with Gasteiger partial charge >= 0.3 is 5.97 Å². The second-order valence-electron chi connectivity index (χ2n) is 9.19. The summed E-state index contributed by atoms with van der Waals surface area (Å²) in [6.07, 6.45) is 5.76. The van der Waals surface area contributed by atoms with Gasteiger partial charge < -0.3 is 18.8 Å². The number of carbonyl (C=O) groups is 1. The van der Waals surface area contributed by atoms with Crippen LogP contribution in [0.4, 0.5) is 0 Å². The summed E-state index contributed by atoms with van der Waals surface area (Å²) in [5, 5.41) is 1.03. The first-order chi connectivity index (χ1) is 19.4. The predicted octanol–water partition coefficient (Wildman–Crippen LogP) is 4.35. The lowest BCUT2D eigenvalue weighted by atomic mass is 9.95. The molecule has 5 rings (SSSR count). The number of methoxy groups -OCH3 is 1. The van der Waals surface area contributed by atoms with E-state index in [1.54, 1.807) is 31.6 Å². The van der Waals surface area contributed by atoms with Crippen molar-refractivity contribution in [3.8, 4) is 11.5 Å². The number of ether oxygens (including phenoxy) is 3. The van der Waals surface area contributed by atoms with Crippen molar-refractivity contribution in [2.75, 3.05) is 20.3 Å². The van der Waals surface area contributed by atoms with E-state index in [1.807, 2.05) is 61.7 Å². The number of hydrogen-bond acceptors (Lipinski definition) is 7. The lowest BCUT2D eigenvalue weighted by molar-refractivity contribution is -0.139. The highest BCUT2D eigenvalue weighted by molar-refractivity contribution is 7.07. The van der Waals surface area contributed by atoms with Crippen LogP contribution in [-0.4, -0.2) is 35.4 Å². The van der Waals surface area contributed by atoms with Gasteiger partial charge in [-0.2, -0.15) is 0 Å². The maximum Gasteiger partial charge on any atom is 0.338 e. The Morgan fingerprint density at radius 1 is 1.15 bits per heavy atom. The lowest BCUT2D eigenvalue weighted by Crippen LogP contribution is -2.40. The summed E-state index contributed by atoms with van der Waals surface area (Å²) >= 11 is 1.30. The van der Waals surface area contributed by atoms with Crippen molar-refractivity contribution in [1.29, 1.82) is 0 Å². The monoisotopic (exact) mass is 557 g/mol. The zero-order valence-corrected chi connectivity index (χ0v) is 23.8. The number of fused-ring (bicyclic) bond motifs is 2. The number of carbonyl (C=O) groups excluding carboxylic acids is 1. The minimum absolute atomic E-state index is 0.203. The molecule has 0 N–H and O–H groups in total. The topological polar surface area (TPSA) is 84.0 Å². The van der Waals surface area contributed by atoms with Crippen molar-refractivity contribution in [3.63, 3.8) is 0 Å². The number of nitrogens with zero attached hydrogens (tertiary/aromatic N) is 3. The van der Waals surface area contributed by atoms with E-state index in [-0.39, 0.29) is 12.2 Å². The van der Waals surface area contributed by atoms with Crippen LogP contribution in [0.2, 0.25) is 0 Å². The fourth-order valence-corrected chi connectivity index (χ4v) is 6.10. The highest BCUT2D eigenvalue weighted by atomic mass is 32.1. The molecule has 0 saturated carbocycles. The zero-order chi connectivity index (χ0) is 28.4. The summed E-state index contributed by atoms with van der Waals surface area (Å²) < 4.78 is 20.9. The van der Waals surface area contributed by atoms with Gasteiger partial charge in [-0.15, -0.1) is 6.58 Å². The van der Waals surface area contributed by atoms with Gasteiger partial charge in [-0.1, -0.05) is 41.7 Å². The molecule has 0 bridgehead atoms. The van der Waals surface area contributed by atoms with E-state index in [0.717, 1.165) is 16.5 Å². The maximum absolute atomic E-state index is 14.1. The third-order valence-corrected chi connectivity index (χ3v) is 7.74. The molecule has 206 valence electrons. The van der Waals surface area contributed by atoms with Gasteiger partial charge in [-0.25, -0.2) is 9.79 Å². The molecule has 8 nitrogen and oxygen atoms in total. The Bertz CT molecular complexity index is 1830. The Balaban J connectivity index is 1.74. The average molecular weight is 558 g/mol. The Morgan fingerprint density at radius 3 is 2.67 bits per heavy atom. The van der Waals surface area contributed by atoms with Crippen LogP contribution in [0.3, 0.4) is 0 Å². The van der Waals surface area contributed by atoms with Crippen molar-refractivity contribution in [3.05, 3.63) is 103 Å². The van der Waals surface area contributed by atoms with Crippen LogP contribution in [0, 0.1) is 0 Å². The molecule has 9 heteroatoms. The molecule has 1 aliphatic heterocycles. The standard InChI is InChI=1S/C31H31N3O5S/c1-6-15-33-18-21(22-11-9-10-12-23(22)33)17-26-29(35)34-28(20-13-14-24(37-5)25(16-20)38-7-2)27(30(36)39-8-3)19(4)32-31(34)40-26/h6,9-14,16-18,28H,1,7-8,15H2,2-5H3/t28-/m1/s1. The zero-order valence-electron chi connectivity index (χ0n) is 23.0. The van der Waals surface area contributed by atoms with Crippen LogP contribution >= 0.6 is 11.3 Å². The van der Waals surface area contributed by atoms with Crippen LogP contribution in [0.25, 0.3) is 17.0 Å². The van der Waals surface area contributed by atoms with Crippen molar-refractivity contribution in [2.24, 2.45) is 4.99 Å². The highest BCUT2D eigenvalue weighted by Crippen LogP contribution is 2.36. The molecule has 0 unspecified atom stereocenters. The summed E-state index contributed by atoms with van der Waals surface area (Å²) in [7, 11) is 1.57. The number of para-hydroxylation sites is 1. The molecule has 4 aromatic rings. The third kappa shape index (κ3) is 4.77. The summed E-state index contributed by atoms with van der Waals surface area (Å²) in [6.45, 7) is 10.6. The van der Waals surface area contributed by atoms with Crippen molar-refractivity contribution in [1.82, 2.24) is 9.13 Å². The first kappa shape index (κ1) is 27.2. The Morgan fingerprint density at radius 2 is 1.95 bits per heavy atom. The van der Waals surface area contributed by atoms with Gasteiger partial charge in [0.25, 0.3) is 5.56 Å². The van der Waals surface area contributed by atoms with Crippen LogP contribution in [0.5, 0.6) is 11.5 Å². The number of hydrogen-bond donors (Lipinski definition) is 0. The van der Waals surface area contributed by atoms with E-state index < -0.39 is 12.0 Å². The van der Waals surface area contributed by atoms with E-state index in [0.29, 0.717) is 50.8 Å². The molecule has 2 aromatic carbocycles. The summed E-state index contributed by atoms with van der Waals surface area (Å²) in [4.78, 5) is 32.5. The molecule has 0 saturated heterocycles. The minimum Gasteiger partial charge on any atom is -0.493 e. The molecule has 0 spiro atoms. The molecule has 1 aliphatic rings. The molecule has 40 heavy (non-hydrogen) atoms. The molecule has 0 aliphatic carbocycles. The fourth-order valence-electron chi connectivity index (χ4n) is 5.06. The maximum atomic E-state index is 14.1. The first-order valence-electron chi connectivity index (χ1n) is 13.1. The van der Waals surface area contributed by atoms with Gasteiger partial charge in [0.2, 0.25) is 0 Å². The highest BCUT2D eigenvalue weighted by Gasteiger charge is 2.34. The molecular formula is C31H31N3O5S. The van der Waals surface area contributed by atoms with Crippen molar-refractivity contribution >= 4 is 34.3 Å². The van der Waals surface area contributed by atoms with Gasteiger partial charge in [-0.3, -0.25) is 9.36 Å². The molecule has 1 atom stereocenters. The molecule has 0 radical (unpaired) electrons. The van der Waals surface area contributed by atoms with Crippen LogP contribution < -0.4 is 24.4 Å². The van der Waals surface area contributed by atoms with E-state index in [4.69, 9.17) is 14.2 Å². The number of rotatable bonds is 9. The van der Waals surface area contributed by atoms with Crippen molar-refractivity contribution < 1.29 is 19.0 Å². The summed E-state index contributed by atoms with van der Waals surface area (Å²) in [5.74, 6) is 0.578. The fraction of sp³-hybridized carbons (Fsp3) is 0.258. The quantitative estimate of drug-likeness (QED) is 0.226. The predicted molar refractivity (Wildman–Crippen MR) is 157 cm³/mol. The number of esters is 1. The first-order valence-corrected chi connectivity index (χ1v) is 13.9. The number of aromatic nitrogens is 2. The smallest absolute Gasteiger partial charge is 0.338 e. The van der Waals surface area contributed by atoms with E-state index in [9.17, 15) is 9.59 Å². The van der Waals surface area contributed by atoms with E-state index in [2.05, 4.69) is 16.1 Å². The van der Waals surface area contributed by atoms with Gasteiger partial charge in [0.1, 0.15) is 0 Å². The number of benzene rings is 2. The Hall–Kier alpha value is -4.37. The molecule has 3 heterocycles. The van der Waals surface area contributed by atoms with Gasteiger partial charge in [0.05, 0.1) is 42.2 Å². The Kier molecular flexibility index (Phi) is 7.75. The van der Waals surface area contributed by atoms with Gasteiger partial charge in [0.15, 0.2) is 16.3 Å². The molecule has 0 fully saturated rings. The van der Waals surface area contributed by atoms with Crippen LogP contribution in [0.1, 0.15) is 37.9 Å². The number of allylic oxidation sites excluding steroid dienone is 2. The average Bonchev–Trinajstić information content (AvgIpc) is 3.45. The van der Waals surface area contributed by atoms with Crippen LogP contribution in [0.15, 0.2) is 82.4 Å². The van der Waals surface area contributed by atoms with E-state index >= 15 is 0 Å². The third-order valence-electron chi connectivity index (χ3n) is 6.75. The normalized spacial score (nSPS) is 15.1. The molecule has 0 amide bonds. The minimum atomic E-state index is -0.746. The molecule has 2 aromatic heterocycles. The van der Waals surface area contributed by atoms with Crippen LogP contribution in [-0.2, 0) is 16.1 Å². The summed E-state index contributed by atoms with van der Waals surface area (Å²) in [5.41, 5.74) is 3.25. The SMILES string of the molecule is C=CCn1cc(C=c2sc3n(c2=O)[C@H](c2ccc(OC)c(OCC)c2)C(C(=O)OCC)=C(C)N=3)c2ccccc21. The second-order valence-corrected chi connectivity index (χ2v) is 10.2.